The van der Waals surface area contributed by atoms with E-state index in [1.165, 1.54) is 5.56 Å². The molecular weight excluding hydrogens is 374 g/mol. The van der Waals surface area contributed by atoms with Crippen LogP contribution >= 0.6 is 8.58 Å². The van der Waals surface area contributed by atoms with Crippen molar-refractivity contribution in [2.75, 3.05) is 0 Å². The van der Waals surface area contributed by atoms with E-state index in [0.717, 1.165) is 27.7 Å². The molecule has 5 heteroatoms. The summed E-state index contributed by atoms with van der Waals surface area (Å²) in [5, 5.41) is 0.903. The van der Waals surface area contributed by atoms with Crippen LogP contribution in [0.25, 0.3) is 0 Å². The van der Waals surface area contributed by atoms with Crippen LogP contribution in [0.15, 0.2) is 30.3 Å². The first-order valence-corrected chi connectivity index (χ1v) is 10.7. The Balaban J connectivity index is 0.00000420. The van der Waals surface area contributed by atoms with Gasteiger partial charge in [-0.3, -0.25) is 4.79 Å². The van der Waals surface area contributed by atoms with Gasteiger partial charge < -0.3 is 10.9 Å². The largest absolute Gasteiger partial charge is 1.00 e. The van der Waals surface area contributed by atoms with E-state index in [9.17, 15) is 4.79 Å². The van der Waals surface area contributed by atoms with Crippen molar-refractivity contribution >= 4 is 19.4 Å². The van der Waals surface area contributed by atoms with Crippen molar-refractivity contribution in [3.8, 4) is 11.5 Å². The zero-order valence-corrected chi connectivity index (χ0v) is 20.6. The van der Waals surface area contributed by atoms with Gasteiger partial charge in [0.25, 0.3) is 0 Å². The van der Waals surface area contributed by atoms with Crippen molar-refractivity contribution in [1.29, 1.82) is 0 Å². The molecule has 29 heavy (non-hydrogen) atoms. The summed E-state index contributed by atoms with van der Waals surface area (Å²) in [7, 11) is -0.00504. The maximum Gasteiger partial charge on any atom is 1.00 e. The molecule has 0 radical (unpaired) electrons. The van der Waals surface area contributed by atoms with Gasteiger partial charge in [0.2, 0.25) is 0 Å². The van der Waals surface area contributed by atoms with Crippen molar-refractivity contribution in [3.05, 3.63) is 52.6 Å². The average Bonchev–Trinajstić information content (AvgIpc) is 2.45. The average molecular weight is 408 g/mol. The Morgan fingerprint density at radius 1 is 0.862 bits per heavy atom. The fourth-order valence-electron chi connectivity index (χ4n) is 3.16. The van der Waals surface area contributed by atoms with E-state index in [-0.39, 0.29) is 45.6 Å². The maximum absolute atomic E-state index is 13.1. The van der Waals surface area contributed by atoms with Gasteiger partial charge in [-0.05, 0) is 94.2 Å². The van der Waals surface area contributed by atoms with Crippen LogP contribution in [0, 0.1) is 20.8 Å². The third-order valence-electron chi connectivity index (χ3n) is 3.95. The predicted octanol–water partition coefficient (Wildman–Crippen LogP) is 3.23. The summed E-state index contributed by atoms with van der Waals surface area (Å²) in [6, 6.07) is 9.92. The normalized spacial score (nSPS) is 12.0. The van der Waals surface area contributed by atoms with E-state index in [1.807, 2.05) is 73.6 Å². The molecule has 0 spiro atoms. The van der Waals surface area contributed by atoms with E-state index in [2.05, 4.69) is 19.1 Å². The molecule has 2 aromatic carbocycles. The third-order valence-corrected chi connectivity index (χ3v) is 5.11. The Hall–Kier alpha value is -1.26. The molecule has 0 aliphatic rings. The SMILES string of the molecule is Cc1cc(C)c(C(=O)Pc2ccc(OC(C)(C)C)cc2OC(C)(C)C)c(C)c1.[H-].[Li+]. The molecule has 1 unspecified atom stereocenters. The second kappa shape index (κ2) is 9.70. The van der Waals surface area contributed by atoms with Gasteiger partial charge in [-0.25, -0.2) is 0 Å². The standard InChI is InChI=1S/C24H33O3P.Li.H/c1-15-12-16(2)21(17(3)13-15)22(25)28-20-11-10-18(26-23(4,5)6)14-19(20)27-24(7,8)9;;/h10-14,28H,1-9H3;;/q;+1;-1. The number of carbonyl (C=O) groups excluding carboxylic acids is 1. The van der Waals surface area contributed by atoms with E-state index in [1.54, 1.807) is 0 Å². The van der Waals surface area contributed by atoms with E-state index in [4.69, 9.17) is 9.47 Å². The van der Waals surface area contributed by atoms with Crippen LogP contribution in [-0.4, -0.2) is 16.7 Å². The van der Waals surface area contributed by atoms with Gasteiger partial charge in [0.1, 0.15) is 22.7 Å². The minimum Gasteiger partial charge on any atom is -1.00 e. The molecule has 2 rings (SSSR count). The minimum absolute atomic E-state index is 0. The van der Waals surface area contributed by atoms with Crippen molar-refractivity contribution in [3.63, 3.8) is 0 Å². The first-order valence-electron chi connectivity index (χ1n) is 9.66. The number of hydrogen-bond acceptors (Lipinski definition) is 3. The molecule has 0 amide bonds. The summed E-state index contributed by atoms with van der Waals surface area (Å²) >= 11 is 0. The molecular formula is C24H34LiO3P. The molecule has 2 aromatic rings. The van der Waals surface area contributed by atoms with Crippen LogP contribution in [0.2, 0.25) is 0 Å². The molecule has 154 valence electrons. The fraction of sp³-hybridized carbons (Fsp3) is 0.458. The van der Waals surface area contributed by atoms with Crippen LogP contribution in [0.1, 0.15) is 70.0 Å². The Labute approximate surface area is 191 Å². The predicted molar refractivity (Wildman–Crippen MR) is 121 cm³/mol. The number of hydrogen-bond donors (Lipinski definition) is 0. The number of aryl methyl sites for hydroxylation is 3. The second-order valence-electron chi connectivity index (χ2n) is 9.31. The Morgan fingerprint density at radius 3 is 1.86 bits per heavy atom. The summed E-state index contributed by atoms with van der Waals surface area (Å²) in [5.74, 6) is 1.46. The van der Waals surface area contributed by atoms with Gasteiger partial charge in [-0.15, -0.1) is 0 Å². The van der Waals surface area contributed by atoms with Crippen LogP contribution < -0.4 is 33.6 Å². The zero-order chi connectivity index (χ0) is 21.3. The van der Waals surface area contributed by atoms with E-state index < -0.39 is 0 Å². The van der Waals surface area contributed by atoms with Crippen LogP contribution in [0.3, 0.4) is 0 Å². The smallest absolute Gasteiger partial charge is 1.00 e. The Morgan fingerprint density at radius 2 is 1.38 bits per heavy atom. The molecule has 0 heterocycles. The molecule has 0 saturated heterocycles. The summed E-state index contributed by atoms with van der Waals surface area (Å²) in [6.45, 7) is 18.1. The third kappa shape index (κ3) is 7.82. The summed E-state index contributed by atoms with van der Waals surface area (Å²) in [4.78, 5) is 13.1. The van der Waals surface area contributed by atoms with E-state index >= 15 is 0 Å². The molecule has 0 N–H and O–H groups in total. The quantitative estimate of drug-likeness (QED) is 0.563. The molecule has 1 atom stereocenters. The molecule has 0 aromatic heterocycles. The summed E-state index contributed by atoms with van der Waals surface area (Å²) in [6.07, 6.45) is 0. The van der Waals surface area contributed by atoms with Crippen molar-refractivity contribution in [2.24, 2.45) is 0 Å². The van der Waals surface area contributed by atoms with Crippen LogP contribution in [-0.2, 0) is 0 Å². The number of carbonyl (C=O) groups is 1. The fourth-order valence-corrected chi connectivity index (χ4v) is 4.34. The topological polar surface area (TPSA) is 35.5 Å². The summed E-state index contributed by atoms with van der Waals surface area (Å²) in [5.41, 5.74) is 3.53. The van der Waals surface area contributed by atoms with Gasteiger partial charge >= 0.3 is 18.9 Å². The maximum atomic E-state index is 13.1. The Kier molecular flexibility index (Phi) is 8.62. The number of ether oxygens (including phenoxy) is 2. The molecule has 0 aliphatic heterocycles. The van der Waals surface area contributed by atoms with Gasteiger partial charge in [-0.1, -0.05) is 17.7 Å². The van der Waals surface area contributed by atoms with Crippen LogP contribution in [0.5, 0.6) is 11.5 Å². The molecule has 0 fully saturated rings. The number of benzene rings is 2. The van der Waals surface area contributed by atoms with E-state index in [0.29, 0.717) is 5.75 Å². The number of rotatable bonds is 5. The van der Waals surface area contributed by atoms with Gasteiger partial charge in [0.15, 0.2) is 5.52 Å². The van der Waals surface area contributed by atoms with Crippen molar-refractivity contribution in [2.45, 2.75) is 73.5 Å². The second-order valence-corrected chi connectivity index (χ2v) is 10.6. The zero-order valence-electron chi connectivity index (χ0n) is 20.6. The van der Waals surface area contributed by atoms with Gasteiger partial charge in [-0.2, -0.15) is 0 Å². The van der Waals surface area contributed by atoms with Gasteiger partial charge in [0.05, 0.1) is 0 Å². The van der Waals surface area contributed by atoms with Crippen molar-refractivity contribution in [1.82, 2.24) is 0 Å². The molecule has 0 aliphatic carbocycles. The summed E-state index contributed by atoms with van der Waals surface area (Å²) < 4.78 is 12.2. The Bertz CT molecular complexity index is 860. The van der Waals surface area contributed by atoms with Crippen molar-refractivity contribution < 1.29 is 34.6 Å². The molecule has 0 bridgehead atoms. The first-order chi connectivity index (χ1) is 12.7. The monoisotopic (exact) mass is 408 g/mol. The van der Waals surface area contributed by atoms with Gasteiger partial charge in [0, 0.05) is 16.9 Å². The molecule has 3 nitrogen and oxygen atoms in total. The first kappa shape index (κ1) is 25.8. The molecule has 0 saturated carbocycles. The minimum atomic E-state index is -0.363. The van der Waals surface area contributed by atoms with Crippen LogP contribution in [0.4, 0.5) is 0 Å².